The Hall–Kier alpha value is -2.18. The number of anilines is 1. The largest absolute Gasteiger partial charge is 0.312 e. The molecule has 2 N–H and O–H groups in total. The quantitative estimate of drug-likeness (QED) is 0.828. The monoisotopic (exact) mass is 386 g/mol. The third-order valence-electron chi connectivity index (χ3n) is 5.04. The fourth-order valence-corrected chi connectivity index (χ4v) is 4.48. The lowest BCUT2D eigenvalue weighted by molar-refractivity contribution is -0.118. The van der Waals surface area contributed by atoms with Crippen molar-refractivity contribution in [3.63, 3.8) is 0 Å². The Balaban J connectivity index is 1.74. The van der Waals surface area contributed by atoms with E-state index in [0.29, 0.717) is 12.0 Å². The van der Waals surface area contributed by atoms with E-state index in [0.717, 1.165) is 43.5 Å². The predicted octanol–water partition coefficient (Wildman–Crippen LogP) is 3.12. The number of amides is 1. The highest BCUT2D eigenvalue weighted by molar-refractivity contribution is 7.89. The molecule has 1 aliphatic rings. The molecule has 1 amide bonds. The number of fused-ring (bicyclic) bond motifs is 1. The lowest BCUT2D eigenvalue weighted by atomic mass is 9.96. The first kappa shape index (κ1) is 19.6. The molecule has 3 rings (SSSR count). The van der Waals surface area contributed by atoms with Crippen LogP contribution in [0, 0.1) is 6.92 Å². The third kappa shape index (κ3) is 4.39. The van der Waals surface area contributed by atoms with Gasteiger partial charge in [-0.3, -0.25) is 4.79 Å². The number of carbonyl (C=O) groups is 1. The van der Waals surface area contributed by atoms with Crippen molar-refractivity contribution in [3.05, 3.63) is 58.7 Å². The van der Waals surface area contributed by atoms with Gasteiger partial charge in [-0.2, -0.15) is 0 Å². The molecule has 0 saturated carbocycles. The van der Waals surface area contributed by atoms with Gasteiger partial charge in [0.2, 0.25) is 15.9 Å². The van der Waals surface area contributed by atoms with Crippen LogP contribution in [0.5, 0.6) is 0 Å². The highest BCUT2D eigenvalue weighted by Crippen LogP contribution is 2.29. The van der Waals surface area contributed by atoms with Gasteiger partial charge in [0.05, 0.1) is 4.90 Å². The Morgan fingerprint density at radius 1 is 1.04 bits per heavy atom. The van der Waals surface area contributed by atoms with E-state index in [1.807, 2.05) is 17.0 Å². The maximum absolute atomic E-state index is 12.1. The molecular formula is C21H26N2O3S. The van der Waals surface area contributed by atoms with Crippen LogP contribution in [-0.2, 0) is 34.1 Å². The van der Waals surface area contributed by atoms with Crippen LogP contribution in [0.15, 0.2) is 41.3 Å². The van der Waals surface area contributed by atoms with Crippen molar-refractivity contribution in [3.8, 4) is 0 Å². The number of benzene rings is 2. The number of primary sulfonamides is 1. The molecule has 0 aliphatic carbocycles. The van der Waals surface area contributed by atoms with Gasteiger partial charge in [-0.1, -0.05) is 31.2 Å². The zero-order valence-electron chi connectivity index (χ0n) is 15.9. The number of hydrogen-bond acceptors (Lipinski definition) is 3. The van der Waals surface area contributed by atoms with E-state index in [1.54, 1.807) is 13.0 Å². The van der Waals surface area contributed by atoms with Crippen molar-refractivity contribution in [1.29, 1.82) is 0 Å². The van der Waals surface area contributed by atoms with Gasteiger partial charge >= 0.3 is 0 Å². The Morgan fingerprint density at radius 2 is 1.70 bits per heavy atom. The number of hydrogen-bond donors (Lipinski definition) is 1. The zero-order valence-corrected chi connectivity index (χ0v) is 16.7. The average Bonchev–Trinajstić information content (AvgIpc) is 2.61. The minimum Gasteiger partial charge on any atom is -0.312 e. The summed E-state index contributed by atoms with van der Waals surface area (Å²) in [6.07, 6.45) is 4.00. The molecule has 144 valence electrons. The second kappa shape index (κ2) is 7.82. The fourth-order valence-electron chi connectivity index (χ4n) is 3.71. The Kier molecular flexibility index (Phi) is 5.67. The van der Waals surface area contributed by atoms with Crippen LogP contribution in [0.1, 0.15) is 42.0 Å². The van der Waals surface area contributed by atoms with Crippen LogP contribution in [0.4, 0.5) is 5.69 Å². The van der Waals surface area contributed by atoms with Crippen molar-refractivity contribution in [2.45, 2.75) is 50.8 Å². The molecule has 2 aromatic rings. The van der Waals surface area contributed by atoms with E-state index in [4.69, 9.17) is 5.14 Å². The van der Waals surface area contributed by atoms with E-state index in [2.05, 4.69) is 25.1 Å². The molecule has 6 heteroatoms. The molecule has 1 heterocycles. The molecule has 0 radical (unpaired) electrons. The normalized spacial score (nSPS) is 14.3. The maximum Gasteiger partial charge on any atom is 0.238 e. The van der Waals surface area contributed by atoms with Gasteiger partial charge in [0, 0.05) is 18.7 Å². The van der Waals surface area contributed by atoms with Gasteiger partial charge in [-0.15, -0.1) is 0 Å². The second-order valence-electron chi connectivity index (χ2n) is 7.15. The van der Waals surface area contributed by atoms with Crippen molar-refractivity contribution in [1.82, 2.24) is 0 Å². The van der Waals surface area contributed by atoms with Gasteiger partial charge < -0.3 is 4.90 Å². The van der Waals surface area contributed by atoms with Crippen molar-refractivity contribution in [2.75, 3.05) is 11.4 Å². The van der Waals surface area contributed by atoms with E-state index in [9.17, 15) is 13.2 Å². The summed E-state index contributed by atoms with van der Waals surface area (Å²) in [6, 6.07) is 11.7. The molecule has 0 atom stereocenters. The lowest BCUT2D eigenvalue weighted by Crippen LogP contribution is -2.35. The first-order valence-corrected chi connectivity index (χ1v) is 10.9. The topological polar surface area (TPSA) is 80.5 Å². The number of nitrogens with two attached hydrogens (primary N) is 1. The van der Waals surface area contributed by atoms with E-state index in [1.165, 1.54) is 11.1 Å². The van der Waals surface area contributed by atoms with Gasteiger partial charge in [0.25, 0.3) is 0 Å². The molecule has 0 aromatic heterocycles. The lowest BCUT2D eigenvalue weighted by Gasteiger charge is -2.29. The number of aryl methyl sites for hydroxylation is 4. The molecule has 0 spiro atoms. The molecule has 0 saturated heterocycles. The summed E-state index contributed by atoms with van der Waals surface area (Å²) in [7, 11) is -3.67. The molecular weight excluding hydrogens is 360 g/mol. The molecule has 0 fully saturated rings. The summed E-state index contributed by atoms with van der Waals surface area (Å²) < 4.78 is 23.1. The standard InChI is InChI=1S/C21H26N2O3S/c1-3-12-23-19-9-6-17(14-18(19)8-11-21(23)24)5-4-16-7-10-20(15(2)13-16)27(22,25)26/h6-7,9-10,13-14H,3-5,8,11-12H2,1-2H3,(H2,22,25,26). The number of sulfonamides is 1. The molecule has 0 unspecified atom stereocenters. The summed E-state index contributed by atoms with van der Waals surface area (Å²) in [5, 5.41) is 5.22. The minimum atomic E-state index is -3.67. The second-order valence-corrected chi connectivity index (χ2v) is 8.68. The highest BCUT2D eigenvalue weighted by atomic mass is 32.2. The Labute approximate surface area is 161 Å². The van der Waals surface area contributed by atoms with Crippen LogP contribution in [0.3, 0.4) is 0 Å². The minimum absolute atomic E-state index is 0.181. The molecule has 5 nitrogen and oxygen atoms in total. The van der Waals surface area contributed by atoms with Gasteiger partial charge in [-0.25, -0.2) is 13.6 Å². The summed E-state index contributed by atoms with van der Waals surface area (Å²) >= 11 is 0. The van der Waals surface area contributed by atoms with Gasteiger partial charge in [0.1, 0.15) is 0 Å². The van der Waals surface area contributed by atoms with Crippen LogP contribution >= 0.6 is 0 Å². The predicted molar refractivity (Wildman–Crippen MR) is 107 cm³/mol. The fraction of sp³-hybridized carbons (Fsp3) is 0.381. The zero-order chi connectivity index (χ0) is 19.6. The smallest absolute Gasteiger partial charge is 0.238 e. The van der Waals surface area contributed by atoms with Crippen molar-refractivity contribution < 1.29 is 13.2 Å². The van der Waals surface area contributed by atoms with E-state index in [-0.39, 0.29) is 10.8 Å². The van der Waals surface area contributed by atoms with Crippen molar-refractivity contribution in [2.24, 2.45) is 5.14 Å². The van der Waals surface area contributed by atoms with Crippen molar-refractivity contribution >= 4 is 21.6 Å². The molecule has 2 aromatic carbocycles. The summed E-state index contributed by atoms with van der Waals surface area (Å²) in [4.78, 5) is 14.2. The van der Waals surface area contributed by atoms with E-state index >= 15 is 0 Å². The summed E-state index contributed by atoms with van der Waals surface area (Å²) in [5.41, 5.74) is 5.27. The van der Waals surface area contributed by atoms with Gasteiger partial charge in [-0.05, 0) is 67.0 Å². The number of nitrogens with zero attached hydrogens (tertiary/aromatic N) is 1. The number of carbonyl (C=O) groups excluding carboxylic acids is 1. The van der Waals surface area contributed by atoms with Crippen LogP contribution in [0.2, 0.25) is 0 Å². The SMILES string of the molecule is CCCN1C(=O)CCc2cc(CCc3ccc(S(N)(=O)=O)c(C)c3)ccc21. The summed E-state index contributed by atoms with van der Waals surface area (Å²) in [5.74, 6) is 0.211. The van der Waals surface area contributed by atoms with Gasteiger partial charge in [0.15, 0.2) is 0 Å². The summed E-state index contributed by atoms with van der Waals surface area (Å²) in [6.45, 7) is 4.61. The van der Waals surface area contributed by atoms with Crippen LogP contribution < -0.4 is 10.0 Å². The highest BCUT2D eigenvalue weighted by Gasteiger charge is 2.23. The first-order chi connectivity index (χ1) is 12.8. The first-order valence-electron chi connectivity index (χ1n) is 9.34. The van der Waals surface area contributed by atoms with E-state index < -0.39 is 10.0 Å². The molecule has 0 bridgehead atoms. The van der Waals surface area contributed by atoms with Crippen LogP contribution in [0.25, 0.3) is 0 Å². The molecule has 1 aliphatic heterocycles. The Morgan fingerprint density at radius 3 is 2.33 bits per heavy atom. The average molecular weight is 387 g/mol. The maximum atomic E-state index is 12.1. The van der Waals surface area contributed by atoms with Crippen LogP contribution in [-0.4, -0.2) is 20.9 Å². The Bertz CT molecular complexity index is 967. The molecule has 27 heavy (non-hydrogen) atoms. The third-order valence-corrected chi connectivity index (χ3v) is 6.11. The number of rotatable bonds is 6.